The van der Waals surface area contributed by atoms with Crippen molar-refractivity contribution in [1.29, 1.82) is 0 Å². The fourth-order valence-electron chi connectivity index (χ4n) is 3.62. The van der Waals surface area contributed by atoms with Gasteiger partial charge in [0.25, 0.3) is 5.56 Å². The lowest BCUT2D eigenvalue weighted by atomic mass is 9.95. The highest BCUT2D eigenvalue weighted by molar-refractivity contribution is 5.04. The van der Waals surface area contributed by atoms with Crippen LogP contribution in [0.5, 0.6) is 0 Å². The van der Waals surface area contributed by atoms with Gasteiger partial charge in [0.05, 0.1) is 18.6 Å². The summed E-state index contributed by atoms with van der Waals surface area (Å²) in [7, 11) is 0. The zero-order valence-corrected chi connectivity index (χ0v) is 14.4. The normalized spacial score (nSPS) is 23.7. The molecule has 0 radical (unpaired) electrons. The highest BCUT2D eigenvalue weighted by Crippen LogP contribution is 2.21. The summed E-state index contributed by atoms with van der Waals surface area (Å²) in [5.74, 6) is 1.62. The van der Waals surface area contributed by atoms with Crippen molar-refractivity contribution in [3.8, 4) is 0 Å². The number of aromatic nitrogens is 2. The van der Waals surface area contributed by atoms with Gasteiger partial charge in [0.1, 0.15) is 0 Å². The molecule has 1 aromatic heterocycles. The Labute approximate surface area is 138 Å². The van der Waals surface area contributed by atoms with E-state index in [1.165, 1.54) is 25.8 Å². The first-order valence-electron chi connectivity index (χ1n) is 8.98. The fraction of sp³-hybridized carbons (Fsp3) is 0.778. The van der Waals surface area contributed by atoms with Crippen LogP contribution in [0.15, 0.2) is 17.2 Å². The molecule has 128 valence electrons. The van der Waals surface area contributed by atoms with Crippen molar-refractivity contribution in [2.24, 2.45) is 11.8 Å². The third-order valence-electron chi connectivity index (χ3n) is 5.19. The lowest BCUT2D eigenvalue weighted by Crippen LogP contribution is -2.39. The summed E-state index contributed by atoms with van der Waals surface area (Å²) >= 11 is 0. The first kappa shape index (κ1) is 16.7. The fourth-order valence-corrected chi connectivity index (χ4v) is 3.62. The monoisotopic (exact) mass is 319 g/mol. The molecule has 5 nitrogen and oxygen atoms in total. The maximum absolute atomic E-state index is 12.2. The van der Waals surface area contributed by atoms with Gasteiger partial charge < -0.3 is 9.64 Å². The number of hydrogen-bond acceptors (Lipinski definition) is 4. The first-order chi connectivity index (χ1) is 11.1. The van der Waals surface area contributed by atoms with E-state index in [0.717, 1.165) is 44.5 Å². The van der Waals surface area contributed by atoms with Crippen molar-refractivity contribution in [2.75, 3.05) is 32.8 Å². The van der Waals surface area contributed by atoms with Crippen molar-refractivity contribution < 1.29 is 4.74 Å². The predicted octanol–water partition coefficient (Wildman–Crippen LogP) is 2.12. The Morgan fingerprint density at radius 2 is 2.00 bits per heavy atom. The minimum Gasteiger partial charge on any atom is -0.381 e. The van der Waals surface area contributed by atoms with Crippen LogP contribution in [0.4, 0.5) is 0 Å². The van der Waals surface area contributed by atoms with E-state index in [1.54, 1.807) is 17.0 Å². The summed E-state index contributed by atoms with van der Waals surface area (Å²) in [6.45, 7) is 10.3. The van der Waals surface area contributed by atoms with Gasteiger partial charge >= 0.3 is 0 Å². The molecule has 1 atom stereocenters. The van der Waals surface area contributed by atoms with E-state index in [-0.39, 0.29) is 5.56 Å². The van der Waals surface area contributed by atoms with Crippen LogP contribution in [-0.4, -0.2) is 47.3 Å². The SMILES string of the molecule is CC(C)c1cc(=O)n(CC2CCN(CC3CCOC3)CC2)cn1. The molecule has 2 fully saturated rings. The Morgan fingerprint density at radius 1 is 1.22 bits per heavy atom. The molecule has 1 aromatic rings. The van der Waals surface area contributed by atoms with Crippen LogP contribution in [-0.2, 0) is 11.3 Å². The van der Waals surface area contributed by atoms with Crippen molar-refractivity contribution in [3.63, 3.8) is 0 Å². The Morgan fingerprint density at radius 3 is 2.61 bits per heavy atom. The third-order valence-corrected chi connectivity index (χ3v) is 5.19. The summed E-state index contributed by atoms with van der Waals surface area (Å²) < 4.78 is 7.26. The van der Waals surface area contributed by atoms with E-state index in [4.69, 9.17) is 4.74 Å². The highest BCUT2D eigenvalue weighted by atomic mass is 16.5. The Hall–Kier alpha value is -1.20. The molecule has 0 N–H and O–H groups in total. The van der Waals surface area contributed by atoms with Gasteiger partial charge in [-0.3, -0.25) is 9.36 Å². The molecular weight excluding hydrogens is 290 g/mol. The van der Waals surface area contributed by atoms with Crippen LogP contribution in [0.25, 0.3) is 0 Å². The van der Waals surface area contributed by atoms with E-state index in [0.29, 0.717) is 11.8 Å². The van der Waals surface area contributed by atoms with E-state index >= 15 is 0 Å². The van der Waals surface area contributed by atoms with E-state index < -0.39 is 0 Å². The minimum atomic E-state index is 0.0919. The average molecular weight is 319 g/mol. The molecule has 0 spiro atoms. The maximum Gasteiger partial charge on any atom is 0.253 e. The summed E-state index contributed by atoms with van der Waals surface area (Å²) in [6.07, 6.45) is 5.29. The Bertz CT molecular complexity index is 556. The van der Waals surface area contributed by atoms with Crippen molar-refractivity contribution >= 4 is 0 Å². The molecule has 0 saturated carbocycles. The number of ether oxygens (including phenoxy) is 1. The van der Waals surface area contributed by atoms with Crippen molar-refractivity contribution in [3.05, 3.63) is 28.4 Å². The maximum atomic E-state index is 12.2. The molecular formula is C18H29N3O2. The highest BCUT2D eigenvalue weighted by Gasteiger charge is 2.24. The third kappa shape index (κ3) is 4.42. The molecule has 2 aliphatic heterocycles. The second-order valence-electron chi connectivity index (χ2n) is 7.43. The van der Waals surface area contributed by atoms with Gasteiger partial charge in [0.2, 0.25) is 0 Å². The van der Waals surface area contributed by atoms with Crippen molar-refractivity contribution in [2.45, 2.75) is 45.6 Å². The average Bonchev–Trinajstić information content (AvgIpc) is 3.04. The van der Waals surface area contributed by atoms with Gasteiger partial charge in [-0.25, -0.2) is 4.98 Å². The predicted molar refractivity (Wildman–Crippen MR) is 90.7 cm³/mol. The van der Waals surface area contributed by atoms with Crippen LogP contribution in [0.3, 0.4) is 0 Å². The molecule has 3 heterocycles. The van der Waals surface area contributed by atoms with E-state index in [9.17, 15) is 4.79 Å². The summed E-state index contributed by atoms with van der Waals surface area (Å²) in [6, 6.07) is 1.69. The zero-order chi connectivity index (χ0) is 16.2. The molecule has 0 aromatic carbocycles. The minimum absolute atomic E-state index is 0.0919. The van der Waals surface area contributed by atoms with Crippen molar-refractivity contribution in [1.82, 2.24) is 14.5 Å². The zero-order valence-electron chi connectivity index (χ0n) is 14.4. The number of piperidine rings is 1. The number of likely N-dealkylation sites (tertiary alicyclic amines) is 1. The summed E-state index contributed by atoms with van der Waals surface area (Å²) in [5.41, 5.74) is 0.981. The molecule has 3 rings (SSSR count). The standard InChI is InChI=1S/C18H29N3O2/c1-14(2)17-9-18(22)21(13-19-17)11-15-3-6-20(7-4-15)10-16-5-8-23-12-16/h9,13-16H,3-8,10-12H2,1-2H3. The van der Waals surface area contributed by atoms with Gasteiger partial charge in [-0.05, 0) is 50.1 Å². The van der Waals surface area contributed by atoms with Crippen LogP contribution < -0.4 is 5.56 Å². The molecule has 0 bridgehead atoms. The Kier molecular flexibility index (Phi) is 5.49. The number of nitrogens with zero attached hydrogens (tertiary/aromatic N) is 3. The van der Waals surface area contributed by atoms with Crippen LogP contribution >= 0.6 is 0 Å². The largest absolute Gasteiger partial charge is 0.381 e. The second kappa shape index (κ2) is 7.58. The second-order valence-corrected chi connectivity index (χ2v) is 7.43. The smallest absolute Gasteiger partial charge is 0.253 e. The topological polar surface area (TPSA) is 47.4 Å². The van der Waals surface area contributed by atoms with Gasteiger partial charge in [0, 0.05) is 25.8 Å². The van der Waals surface area contributed by atoms with Gasteiger partial charge in [-0.15, -0.1) is 0 Å². The lowest BCUT2D eigenvalue weighted by Gasteiger charge is -2.33. The van der Waals surface area contributed by atoms with Crippen LogP contribution in [0.2, 0.25) is 0 Å². The van der Waals surface area contributed by atoms with E-state index in [2.05, 4.69) is 23.7 Å². The molecule has 1 unspecified atom stereocenters. The molecule has 2 aliphatic rings. The molecule has 0 amide bonds. The number of rotatable bonds is 5. The number of hydrogen-bond donors (Lipinski definition) is 0. The van der Waals surface area contributed by atoms with Gasteiger partial charge in [-0.2, -0.15) is 0 Å². The Balaban J connectivity index is 1.49. The molecule has 0 aliphatic carbocycles. The summed E-state index contributed by atoms with van der Waals surface area (Å²) in [5, 5.41) is 0. The lowest BCUT2D eigenvalue weighted by molar-refractivity contribution is 0.135. The molecule has 2 saturated heterocycles. The summed E-state index contributed by atoms with van der Waals surface area (Å²) in [4.78, 5) is 19.2. The van der Waals surface area contributed by atoms with Gasteiger partial charge in [0.15, 0.2) is 0 Å². The van der Waals surface area contributed by atoms with Crippen LogP contribution in [0, 0.1) is 11.8 Å². The first-order valence-corrected chi connectivity index (χ1v) is 8.98. The van der Waals surface area contributed by atoms with E-state index in [1.807, 2.05) is 0 Å². The van der Waals surface area contributed by atoms with Crippen LogP contribution in [0.1, 0.15) is 44.7 Å². The van der Waals surface area contributed by atoms with Gasteiger partial charge in [-0.1, -0.05) is 13.8 Å². The molecule has 23 heavy (non-hydrogen) atoms. The quantitative estimate of drug-likeness (QED) is 0.834. The molecule has 5 heteroatoms.